The van der Waals surface area contributed by atoms with E-state index < -0.39 is 31.7 Å². The molecule has 0 atom stereocenters. The molecule has 0 radical (unpaired) electrons. The van der Waals surface area contributed by atoms with E-state index in [9.17, 15) is 22.9 Å². The molecule has 0 spiro atoms. The number of halogens is 1. The van der Waals surface area contributed by atoms with E-state index in [0.29, 0.717) is 25.9 Å². The number of piperidine rings is 1. The maximum atomic E-state index is 13.6. The Morgan fingerprint density at radius 2 is 2.00 bits per heavy atom. The fraction of sp³-hybridized carbons (Fsp3) is 0.455. The molecule has 7 nitrogen and oxygen atoms in total. The van der Waals surface area contributed by atoms with Crippen LogP contribution in [0.2, 0.25) is 0 Å². The number of nitrogens with one attached hydrogen (secondary N) is 2. The average Bonchev–Trinajstić information content (AvgIpc) is 2.42. The Morgan fingerprint density at radius 1 is 1.35 bits per heavy atom. The van der Waals surface area contributed by atoms with E-state index in [2.05, 4.69) is 10.0 Å². The molecule has 1 aliphatic rings. The minimum Gasteiger partial charge on any atom is -0.317 e. The normalized spacial score (nSPS) is 16.9. The number of sulfonamides is 1. The van der Waals surface area contributed by atoms with Crippen molar-refractivity contribution >= 4 is 21.4 Å². The zero-order valence-electron chi connectivity index (χ0n) is 10.5. The summed E-state index contributed by atoms with van der Waals surface area (Å²) in [5.41, 5.74) is -0.757. The van der Waals surface area contributed by atoms with Crippen LogP contribution in [0.1, 0.15) is 12.8 Å². The fourth-order valence-electron chi connectivity index (χ4n) is 2.05. The van der Waals surface area contributed by atoms with Crippen LogP contribution in [0.4, 0.5) is 15.8 Å². The fourth-order valence-corrected chi connectivity index (χ4v) is 3.53. The summed E-state index contributed by atoms with van der Waals surface area (Å²) in [6, 6.07) is 2.74. The molecule has 0 aromatic heterocycles. The third-order valence-corrected chi connectivity index (χ3v) is 4.99. The van der Waals surface area contributed by atoms with Crippen molar-refractivity contribution in [2.45, 2.75) is 18.1 Å². The van der Waals surface area contributed by atoms with Crippen LogP contribution < -0.4 is 10.0 Å². The first-order valence-corrected chi connectivity index (χ1v) is 7.61. The zero-order chi connectivity index (χ0) is 14.8. The van der Waals surface area contributed by atoms with Crippen molar-refractivity contribution in [1.29, 1.82) is 0 Å². The summed E-state index contributed by atoms with van der Waals surface area (Å²) in [4.78, 5) is 9.92. The van der Waals surface area contributed by atoms with Gasteiger partial charge in [0.05, 0.1) is 15.9 Å². The van der Waals surface area contributed by atoms with Crippen LogP contribution in [0, 0.1) is 15.9 Å². The highest BCUT2D eigenvalue weighted by Gasteiger charge is 2.28. The van der Waals surface area contributed by atoms with Crippen LogP contribution >= 0.6 is 0 Å². The summed E-state index contributed by atoms with van der Waals surface area (Å²) in [5.74, 6) is -0.840. The van der Waals surface area contributed by atoms with Crippen molar-refractivity contribution in [3.63, 3.8) is 0 Å². The second-order valence-corrected chi connectivity index (χ2v) is 6.48. The maximum absolute atomic E-state index is 13.6. The van der Waals surface area contributed by atoms with Crippen LogP contribution in [0.3, 0.4) is 0 Å². The summed E-state index contributed by atoms with van der Waals surface area (Å²) in [7, 11) is -3.75. The van der Waals surface area contributed by atoms with Crippen LogP contribution in [-0.4, -0.2) is 31.7 Å². The first kappa shape index (κ1) is 14.7. The monoisotopic (exact) mass is 303 g/mol. The molecule has 0 amide bonds. The number of hydrogen-bond donors (Lipinski definition) is 2. The van der Waals surface area contributed by atoms with Crippen molar-refractivity contribution in [2.75, 3.05) is 17.8 Å². The van der Waals surface area contributed by atoms with Crippen LogP contribution in [0.25, 0.3) is 0 Å². The Labute approximate surface area is 115 Å². The number of hydrogen-bond acceptors (Lipinski definition) is 5. The van der Waals surface area contributed by atoms with Gasteiger partial charge in [0.1, 0.15) is 5.82 Å². The Balaban J connectivity index is 2.24. The highest BCUT2D eigenvalue weighted by Crippen LogP contribution is 2.24. The molecular weight excluding hydrogens is 289 g/mol. The summed E-state index contributed by atoms with van der Waals surface area (Å²) in [5, 5.41) is 13.0. The lowest BCUT2D eigenvalue weighted by molar-refractivity contribution is -0.384. The number of rotatable bonds is 4. The SMILES string of the molecule is O=[N+]([O-])c1ccc(F)c(NS(=O)(=O)C2CCNCC2)c1. The molecule has 9 heteroatoms. The number of nitro groups is 1. The Bertz CT molecular complexity index is 614. The summed E-state index contributed by atoms with van der Waals surface area (Å²) in [6.45, 7) is 1.14. The molecule has 1 aromatic carbocycles. The standard InChI is InChI=1S/C11H14FN3O4S/c12-10-2-1-8(15(16)17)7-11(10)14-20(18,19)9-3-5-13-6-4-9/h1-2,7,9,13-14H,3-6H2. The highest BCUT2D eigenvalue weighted by atomic mass is 32.2. The van der Waals surface area contributed by atoms with Gasteiger partial charge >= 0.3 is 0 Å². The van der Waals surface area contributed by atoms with E-state index in [0.717, 1.165) is 18.2 Å². The lowest BCUT2D eigenvalue weighted by atomic mass is 10.2. The largest absolute Gasteiger partial charge is 0.317 e. The minimum absolute atomic E-state index is 0.366. The van der Waals surface area contributed by atoms with Crippen LogP contribution in [-0.2, 0) is 10.0 Å². The predicted octanol–water partition coefficient (Wildman–Crippen LogP) is 1.23. The number of nitro benzene ring substituents is 1. The molecule has 1 saturated heterocycles. The average molecular weight is 303 g/mol. The van der Waals surface area contributed by atoms with Gasteiger partial charge in [0.15, 0.2) is 0 Å². The molecule has 20 heavy (non-hydrogen) atoms. The summed E-state index contributed by atoms with van der Waals surface area (Å²) >= 11 is 0. The van der Waals surface area contributed by atoms with E-state index >= 15 is 0 Å². The molecule has 2 N–H and O–H groups in total. The van der Waals surface area contributed by atoms with Gasteiger partial charge in [-0.05, 0) is 32.0 Å². The van der Waals surface area contributed by atoms with Gasteiger partial charge in [-0.25, -0.2) is 12.8 Å². The first-order valence-electron chi connectivity index (χ1n) is 6.06. The molecule has 1 fully saturated rings. The molecule has 1 heterocycles. The molecule has 0 bridgehead atoms. The first-order chi connectivity index (χ1) is 9.40. The predicted molar refractivity (Wildman–Crippen MR) is 71.5 cm³/mol. The van der Waals surface area contributed by atoms with Crippen molar-refractivity contribution in [3.8, 4) is 0 Å². The van der Waals surface area contributed by atoms with E-state index in [-0.39, 0.29) is 5.69 Å². The van der Waals surface area contributed by atoms with Crippen LogP contribution in [0.5, 0.6) is 0 Å². The van der Waals surface area contributed by atoms with Crippen molar-refractivity contribution in [1.82, 2.24) is 5.32 Å². The summed E-state index contributed by atoms with van der Waals surface area (Å²) < 4.78 is 39.9. The van der Waals surface area contributed by atoms with Crippen molar-refractivity contribution < 1.29 is 17.7 Å². The topological polar surface area (TPSA) is 101 Å². The number of nitrogens with zero attached hydrogens (tertiary/aromatic N) is 1. The zero-order valence-corrected chi connectivity index (χ0v) is 11.3. The molecule has 1 aliphatic heterocycles. The smallest absolute Gasteiger partial charge is 0.271 e. The van der Waals surface area contributed by atoms with Gasteiger partial charge in [-0.3, -0.25) is 14.8 Å². The van der Waals surface area contributed by atoms with E-state index in [1.165, 1.54) is 0 Å². The molecular formula is C11H14FN3O4S. The number of benzene rings is 1. The quantitative estimate of drug-likeness (QED) is 0.643. The Hall–Kier alpha value is -1.74. The highest BCUT2D eigenvalue weighted by molar-refractivity contribution is 7.93. The molecule has 0 unspecified atom stereocenters. The Morgan fingerprint density at radius 3 is 2.60 bits per heavy atom. The lowest BCUT2D eigenvalue weighted by Gasteiger charge is -2.23. The molecule has 0 aliphatic carbocycles. The maximum Gasteiger partial charge on any atom is 0.271 e. The van der Waals surface area contributed by atoms with E-state index in [1.54, 1.807) is 0 Å². The van der Waals surface area contributed by atoms with Crippen LogP contribution in [0.15, 0.2) is 18.2 Å². The van der Waals surface area contributed by atoms with Gasteiger partial charge in [-0.2, -0.15) is 0 Å². The van der Waals surface area contributed by atoms with Crippen molar-refractivity contribution in [2.24, 2.45) is 0 Å². The molecule has 1 aromatic rings. The third kappa shape index (κ3) is 3.23. The van der Waals surface area contributed by atoms with Gasteiger partial charge in [0.2, 0.25) is 10.0 Å². The van der Waals surface area contributed by atoms with E-state index in [1.807, 2.05) is 0 Å². The number of non-ortho nitro benzene ring substituents is 1. The lowest BCUT2D eigenvalue weighted by Crippen LogP contribution is -2.38. The van der Waals surface area contributed by atoms with Gasteiger partial charge in [0.25, 0.3) is 5.69 Å². The van der Waals surface area contributed by atoms with Gasteiger partial charge in [-0.1, -0.05) is 0 Å². The van der Waals surface area contributed by atoms with Crippen molar-refractivity contribution in [3.05, 3.63) is 34.1 Å². The minimum atomic E-state index is -3.75. The third-order valence-electron chi connectivity index (χ3n) is 3.14. The second kappa shape index (κ2) is 5.71. The second-order valence-electron chi connectivity index (χ2n) is 4.52. The van der Waals surface area contributed by atoms with E-state index in [4.69, 9.17) is 0 Å². The summed E-state index contributed by atoms with van der Waals surface area (Å²) in [6.07, 6.45) is 0.845. The Kier molecular flexibility index (Phi) is 4.19. The van der Waals surface area contributed by atoms with Gasteiger partial charge < -0.3 is 5.32 Å². The van der Waals surface area contributed by atoms with Gasteiger partial charge in [0, 0.05) is 12.1 Å². The molecule has 0 saturated carbocycles. The molecule has 2 rings (SSSR count). The van der Waals surface area contributed by atoms with Gasteiger partial charge in [-0.15, -0.1) is 0 Å². The number of anilines is 1. The molecule has 110 valence electrons.